The molecule has 0 spiro atoms. The highest BCUT2D eigenvalue weighted by atomic mass is 19.3. The Kier molecular flexibility index (Phi) is 4.53. The molecule has 1 fully saturated rings. The standard InChI is InChI=1S/C22H20F2N6O/c1-14-10-26-19(28-14)16-9-18(13-25-11-16)30-5-2-15-8-17(12-27-20(15)30)21(31)29-6-3-22(23,24)4-7-29/h2,5,8-13H,3-4,6-7H2,1H3,(H,26,28). The van der Waals surface area contributed by atoms with Crippen LogP contribution >= 0.6 is 0 Å². The number of piperidine rings is 1. The van der Waals surface area contributed by atoms with Gasteiger partial charge in [-0.3, -0.25) is 14.3 Å². The number of rotatable bonds is 3. The third-order valence-corrected chi connectivity index (χ3v) is 5.53. The molecule has 5 heterocycles. The molecular weight excluding hydrogens is 402 g/mol. The van der Waals surface area contributed by atoms with Gasteiger partial charge in [-0.25, -0.2) is 18.7 Å². The van der Waals surface area contributed by atoms with Gasteiger partial charge in [-0.05, 0) is 25.1 Å². The summed E-state index contributed by atoms with van der Waals surface area (Å²) in [5, 5.41) is 0.785. The topological polar surface area (TPSA) is 79.7 Å². The average Bonchev–Trinajstić information content (AvgIpc) is 3.39. The predicted molar refractivity (Wildman–Crippen MR) is 111 cm³/mol. The van der Waals surface area contributed by atoms with Gasteiger partial charge < -0.3 is 9.88 Å². The Balaban J connectivity index is 1.43. The van der Waals surface area contributed by atoms with Crippen molar-refractivity contribution >= 4 is 16.9 Å². The van der Waals surface area contributed by atoms with E-state index in [0.717, 1.165) is 28.2 Å². The number of aromatic nitrogens is 5. The van der Waals surface area contributed by atoms with E-state index in [4.69, 9.17) is 0 Å². The first-order valence-corrected chi connectivity index (χ1v) is 10.0. The zero-order valence-electron chi connectivity index (χ0n) is 16.8. The van der Waals surface area contributed by atoms with Crippen LogP contribution in [-0.4, -0.2) is 54.3 Å². The molecule has 4 aromatic rings. The molecule has 7 nitrogen and oxygen atoms in total. The molecule has 1 aliphatic rings. The monoisotopic (exact) mass is 422 g/mol. The summed E-state index contributed by atoms with van der Waals surface area (Å²) in [6.07, 6.45) is 7.99. The number of H-pyrrole nitrogens is 1. The zero-order chi connectivity index (χ0) is 21.6. The van der Waals surface area contributed by atoms with Gasteiger partial charge in [0, 0.05) is 67.4 Å². The molecule has 0 aromatic carbocycles. The van der Waals surface area contributed by atoms with Crippen molar-refractivity contribution in [2.45, 2.75) is 25.7 Å². The van der Waals surface area contributed by atoms with Crippen LogP contribution in [0.3, 0.4) is 0 Å². The van der Waals surface area contributed by atoms with Crippen molar-refractivity contribution in [3.63, 3.8) is 0 Å². The molecular formula is C22H20F2N6O. The number of halogens is 2. The lowest BCUT2D eigenvalue weighted by Gasteiger charge is -2.31. The first-order chi connectivity index (χ1) is 14.9. The van der Waals surface area contributed by atoms with Crippen LogP contribution in [0.4, 0.5) is 8.78 Å². The molecule has 0 bridgehead atoms. The van der Waals surface area contributed by atoms with Crippen molar-refractivity contribution in [3.8, 4) is 17.1 Å². The Hall–Kier alpha value is -3.62. The number of imidazole rings is 1. The molecule has 0 aliphatic carbocycles. The predicted octanol–water partition coefficient (Wildman–Crippen LogP) is 3.99. The van der Waals surface area contributed by atoms with E-state index < -0.39 is 5.92 Å². The van der Waals surface area contributed by atoms with Crippen LogP contribution in [0.2, 0.25) is 0 Å². The number of carbonyl (C=O) groups excluding carboxylic acids is 1. The fourth-order valence-electron chi connectivity index (χ4n) is 3.82. The van der Waals surface area contributed by atoms with Crippen LogP contribution < -0.4 is 0 Å². The van der Waals surface area contributed by atoms with E-state index in [9.17, 15) is 13.6 Å². The van der Waals surface area contributed by atoms with E-state index in [1.165, 1.54) is 11.1 Å². The maximum Gasteiger partial charge on any atom is 0.255 e. The van der Waals surface area contributed by atoms with Crippen LogP contribution in [0.1, 0.15) is 28.9 Å². The summed E-state index contributed by atoms with van der Waals surface area (Å²) in [6, 6.07) is 5.58. The normalized spacial score (nSPS) is 16.0. The van der Waals surface area contributed by atoms with Gasteiger partial charge in [-0.1, -0.05) is 0 Å². The van der Waals surface area contributed by atoms with Crippen LogP contribution in [0.25, 0.3) is 28.1 Å². The molecule has 9 heteroatoms. The highest BCUT2D eigenvalue weighted by Crippen LogP contribution is 2.29. The number of nitrogens with zero attached hydrogens (tertiary/aromatic N) is 5. The van der Waals surface area contributed by atoms with Gasteiger partial charge in [0.2, 0.25) is 0 Å². The summed E-state index contributed by atoms with van der Waals surface area (Å²) < 4.78 is 28.7. The van der Waals surface area contributed by atoms with E-state index >= 15 is 0 Å². The van der Waals surface area contributed by atoms with Crippen molar-refractivity contribution in [3.05, 3.63) is 60.4 Å². The van der Waals surface area contributed by atoms with Crippen LogP contribution in [-0.2, 0) is 0 Å². The van der Waals surface area contributed by atoms with Crippen LogP contribution in [0.5, 0.6) is 0 Å². The van der Waals surface area contributed by atoms with Gasteiger partial charge in [-0.15, -0.1) is 0 Å². The number of aryl methyl sites for hydroxylation is 1. The third-order valence-electron chi connectivity index (χ3n) is 5.53. The summed E-state index contributed by atoms with van der Waals surface area (Å²) in [7, 11) is 0. The van der Waals surface area contributed by atoms with E-state index in [-0.39, 0.29) is 31.8 Å². The molecule has 5 rings (SSSR count). The second kappa shape index (κ2) is 7.26. The number of hydrogen-bond acceptors (Lipinski definition) is 4. The fourth-order valence-corrected chi connectivity index (χ4v) is 3.82. The second-order valence-corrected chi connectivity index (χ2v) is 7.82. The fraction of sp³-hybridized carbons (Fsp3) is 0.273. The van der Waals surface area contributed by atoms with Gasteiger partial charge in [0.25, 0.3) is 11.8 Å². The summed E-state index contributed by atoms with van der Waals surface area (Å²) in [5.41, 5.74) is 3.69. The molecule has 1 N–H and O–H groups in total. The van der Waals surface area contributed by atoms with Gasteiger partial charge in [-0.2, -0.15) is 0 Å². The minimum Gasteiger partial charge on any atom is -0.342 e. The van der Waals surface area contributed by atoms with Crippen LogP contribution in [0.15, 0.2) is 49.2 Å². The molecule has 1 saturated heterocycles. The first kappa shape index (κ1) is 19.3. The number of amides is 1. The van der Waals surface area contributed by atoms with Crippen molar-refractivity contribution < 1.29 is 13.6 Å². The maximum atomic E-state index is 13.4. The quantitative estimate of drug-likeness (QED) is 0.541. The largest absolute Gasteiger partial charge is 0.342 e. The molecule has 0 atom stereocenters. The summed E-state index contributed by atoms with van der Waals surface area (Å²) >= 11 is 0. The van der Waals surface area contributed by atoms with Gasteiger partial charge >= 0.3 is 0 Å². The van der Waals surface area contributed by atoms with Gasteiger partial charge in [0.05, 0.1) is 17.4 Å². The lowest BCUT2D eigenvalue weighted by atomic mass is 10.1. The van der Waals surface area contributed by atoms with Crippen molar-refractivity contribution in [1.29, 1.82) is 0 Å². The number of nitrogens with one attached hydrogen (secondary N) is 1. The van der Waals surface area contributed by atoms with Crippen LogP contribution in [0, 0.1) is 6.92 Å². The minimum absolute atomic E-state index is 0.0512. The third kappa shape index (κ3) is 3.67. The lowest BCUT2D eigenvalue weighted by Crippen LogP contribution is -2.42. The number of carbonyl (C=O) groups is 1. The van der Waals surface area contributed by atoms with Crippen molar-refractivity contribution in [1.82, 2.24) is 29.4 Å². The number of pyridine rings is 2. The highest BCUT2D eigenvalue weighted by molar-refractivity contribution is 5.97. The lowest BCUT2D eigenvalue weighted by molar-refractivity contribution is -0.0494. The molecule has 1 amide bonds. The van der Waals surface area contributed by atoms with Gasteiger partial charge in [0.15, 0.2) is 0 Å². The Labute approximate surface area is 176 Å². The highest BCUT2D eigenvalue weighted by Gasteiger charge is 2.35. The Morgan fingerprint density at radius 1 is 1.10 bits per heavy atom. The Morgan fingerprint density at radius 2 is 1.90 bits per heavy atom. The summed E-state index contributed by atoms with van der Waals surface area (Å²) in [5.74, 6) is -2.22. The smallest absolute Gasteiger partial charge is 0.255 e. The zero-order valence-corrected chi connectivity index (χ0v) is 16.8. The summed E-state index contributed by atoms with van der Waals surface area (Å²) in [4.78, 5) is 30.6. The first-order valence-electron chi connectivity index (χ1n) is 10.0. The average molecular weight is 422 g/mol. The molecule has 0 radical (unpaired) electrons. The number of aromatic amines is 1. The number of alkyl halides is 2. The molecule has 4 aromatic heterocycles. The minimum atomic E-state index is -2.69. The second-order valence-electron chi connectivity index (χ2n) is 7.82. The Bertz CT molecular complexity index is 1270. The number of hydrogen-bond donors (Lipinski definition) is 1. The van der Waals surface area contributed by atoms with E-state index in [0.29, 0.717) is 11.2 Å². The maximum absolute atomic E-state index is 13.4. The van der Waals surface area contributed by atoms with Crippen molar-refractivity contribution in [2.75, 3.05) is 13.1 Å². The molecule has 158 valence electrons. The molecule has 31 heavy (non-hydrogen) atoms. The molecule has 0 unspecified atom stereocenters. The van der Waals surface area contributed by atoms with Gasteiger partial charge in [0.1, 0.15) is 11.5 Å². The SMILES string of the molecule is Cc1cnc(-c2cncc(-n3ccc4cc(C(=O)N5CCC(F)(F)CC5)cnc43)c2)[nH]1. The molecule has 0 saturated carbocycles. The Morgan fingerprint density at radius 3 is 2.65 bits per heavy atom. The van der Waals surface area contributed by atoms with E-state index in [1.54, 1.807) is 24.7 Å². The molecule has 1 aliphatic heterocycles. The number of fused-ring (bicyclic) bond motifs is 1. The summed E-state index contributed by atoms with van der Waals surface area (Å²) in [6.45, 7) is 2.04. The van der Waals surface area contributed by atoms with E-state index in [2.05, 4.69) is 19.9 Å². The number of likely N-dealkylation sites (tertiary alicyclic amines) is 1. The van der Waals surface area contributed by atoms with E-state index in [1.807, 2.05) is 29.8 Å². The van der Waals surface area contributed by atoms with Crippen molar-refractivity contribution in [2.24, 2.45) is 0 Å².